The van der Waals surface area contributed by atoms with Gasteiger partial charge in [0.15, 0.2) is 0 Å². The Morgan fingerprint density at radius 1 is 0.967 bits per heavy atom. The lowest BCUT2D eigenvalue weighted by molar-refractivity contribution is -0.114. The second kappa shape index (κ2) is 9.22. The van der Waals surface area contributed by atoms with Crippen LogP contribution in [0.1, 0.15) is 10.4 Å². The van der Waals surface area contributed by atoms with Gasteiger partial charge < -0.3 is 15.1 Å². The van der Waals surface area contributed by atoms with E-state index in [0.717, 1.165) is 35.7 Å². The minimum atomic E-state index is -0.121. The highest BCUT2D eigenvalue weighted by Crippen LogP contribution is 2.21. The van der Waals surface area contributed by atoms with Crippen LogP contribution in [0.2, 0.25) is 0 Å². The predicted octanol–water partition coefficient (Wildman–Crippen LogP) is 4.10. The first kappa shape index (κ1) is 20.3. The van der Waals surface area contributed by atoms with Gasteiger partial charge >= 0.3 is 0 Å². The van der Waals surface area contributed by atoms with E-state index in [-0.39, 0.29) is 18.4 Å². The van der Waals surface area contributed by atoms with Gasteiger partial charge in [-0.2, -0.15) is 11.8 Å². The molecule has 0 radical (unpaired) electrons. The van der Waals surface area contributed by atoms with Gasteiger partial charge in [0, 0.05) is 48.6 Å². The molecule has 154 valence electrons. The second-order valence-electron chi connectivity index (χ2n) is 7.42. The number of amides is 2. The van der Waals surface area contributed by atoms with Gasteiger partial charge in [-0.25, -0.2) is 0 Å². The molecule has 0 aromatic heterocycles. The molecule has 1 N–H and O–H groups in total. The number of carbonyl (C=O) groups is 2. The van der Waals surface area contributed by atoms with Crippen LogP contribution in [-0.2, 0) is 4.79 Å². The molecule has 5 nitrogen and oxygen atoms in total. The Morgan fingerprint density at radius 2 is 1.73 bits per heavy atom. The maximum atomic E-state index is 12.7. The number of nitrogens with one attached hydrogen (secondary N) is 1. The summed E-state index contributed by atoms with van der Waals surface area (Å²) in [6.07, 6.45) is 0. The van der Waals surface area contributed by atoms with Crippen LogP contribution in [0.25, 0.3) is 10.8 Å². The second-order valence-corrected chi connectivity index (χ2v) is 8.65. The standard InChI is InChI=1S/C24H25N3O2S/c1-26(22-10-9-18-5-2-3-6-19(18)16-22)17-23(28)25-21-8-4-7-20(15-21)24(29)27-11-13-30-14-12-27/h2-10,15-16H,11-14,17H2,1H3,(H,25,28). The van der Waals surface area contributed by atoms with Gasteiger partial charge in [0.1, 0.15) is 0 Å². The molecule has 4 rings (SSSR count). The monoisotopic (exact) mass is 419 g/mol. The highest BCUT2D eigenvalue weighted by molar-refractivity contribution is 7.99. The fourth-order valence-electron chi connectivity index (χ4n) is 3.60. The van der Waals surface area contributed by atoms with Crippen LogP contribution < -0.4 is 10.2 Å². The van der Waals surface area contributed by atoms with E-state index in [2.05, 4.69) is 29.6 Å². The summed E-state index contributed by atoms with van der Waals surface area (Å²) in [5.41, 5.74) is 2.24. The van der Waals surface area contributed by atoms with Crippen molar-refractivity contribution in [2.24, 2.45) is 0 Å². The summed E-state index contributed by atoms with van der Waals surface area (Å²) in [7, 11) is 1.90. The van der Waals surface area contributed by atoms with Crippen molar-refractivity contribution in [2.75, 3.05) is 48.4 Å². The zero-order chi connectivity index (χ0) is 20.9. The Kier molecular flexibility index (Phi) is 6.23. The van der Waals surface area contributed by atoms with Crippen molar-refractivity contribution >= 4 is 45.7 Å². The highest BCUT2D eigenvalue weighted by Gasteiger charge is 2.19. The first-order valence-electron chi connectivity index (χ1n) is 10.1. The van der Waals surface area contributed by atoms with E-state index >= 15 is 0 Å². The molecule has 0 unspecified atom stereocenters. The molecular weight excluding hydrogens is 394 g/mol. The Balaban J connectivity index is 1.40. The molecule has 0 spiro atoms. The van der Waals surface area contributed by atoms with Crippen molar-refractivity contribution < 1.29 is 9.59 Å². The van der Waals surface area contributed by atoms with Gasteiger partial charge in [-0.15, -0.1) is 0 Å². The molecule has 1 heterocycles. The summed E-state index contributed by atoms with van der Waals surface area (Å²) >= 11 is 1.87. The summed E-state index contributed by atoms with van der Waals surface area (Å²) in [6.45, 7) is 1.77. The fourth-order valence-corrected chi connectivity index (χ4v) is 4.50. The molecule has 0 atom stereocenters. The summed E-state index contributed by atoms with van der Waals surface area (Å²) < 4.78 is 0. The van der Waals surface area contributed by atoms with E-state index in [1.807, 2.05) is 58.9 Å². The molecule has 6 heteroatoms. The van der Waals surface area contributed by atoms with Crippen LogP contribution >= 0.6 is 11.8 Å². The maximum Gasteiger partial charge on any atom is 0.253 e. The Labute approximate surface area is 181 Å². The Hall–Kier alpha value is -2.99. The van der Waals surface area contributed by atoms with Crippen LogP contribution in [-0.4, -0.2) is 54.9 Å². The van der Waals surface area contributed by atoms with Crippen molar-refractivity contribution in [1.29, 1.82) is 0 Å². The molecule has 1 fully saturated rings. The maximum absolute atomic E-state index is 12.7. The summed E-state index contributed by atoms with van der Waals surface area (Å²) in [5.74, 6) is 1.86. The molecule has 0 bridgehead atoms. The number of carbonyl (C=O) groups excluding carboxylic acids is 2. The van der Waals surface area contributed by atoms with E-state index in [0.29, 0.717) is 11.3 Å². The van der Waals surface area contributed by atoms with E-state index < -0.39 is 0 Å². The van der Waals surface area contributed by atoms with Crippen molar-refractivity contribution in [3.05, 3.63) is 72.3 Å². The highest BCUT2D eigenvalue weighted by atomic mass is 32.2. The minimum absolute atomic E-state index is 0.0275. The molecule has 3 aromatic rings. The normalized spacial score (nSPS) is 13.8. The van der Waals surface area contributed by atoms with Crippen molar-refractivity contribution in [3.63, 3.8) is 0 Å². The Morgan fingerprint density at radius 3 is 2.53 bits per heavy atom. The van der Waals surface area contributed by atoms with E-state index in [9.17, 15) is 9.59 Å². The Bertz CT molecular complexity index is 1060. The fraction of sp³-hybridized carbons (Fsp3) is 0.250. The molecule has 1 aliphatic rings. The zero-order valence-electron chi connectivity index (χ0n) is 17.0. The van der Waals surface area contributed by atoms with Crippen LogP contribution in [0.15, 0.2) is 66.7 Å². The van der Waals surface area contributed by atoms with Gasteiger partial charge in [0.05, 0.1) is 6.54 Å². The number of likely N-dealkylation sites (N-methyl/N-ethyl adjacent to an activating group) is 1. The number of hydrogen-bond acceptors (Lipinski definition) is 4. The van der Waals surface area contributed by atoms with Crippen LogP contribution in [0.5, 0.6) is 0 Å². The summed E-state index contributed by atoms with van der Waals surface area (Å²) in [4.78, 5) is 29.1. The first-order chi connectivity index (χ1) is 14.6. The lowest BCUT2D eigenvalue weighted by Crippen LogP contribution is -2.37. The topological polar surface area (TPSA) is 52.7 Å². The number of anilines is 2. The largest absolute Gasteiger partial charge is 0.365 e. The summed E-state index contributed by atoms with van der Waals surface area (Å²) in [5, 5.41) is 5.24. The molecule has 2 amide bonds. The van der Waals surface area contributed by atoms with Crippen molar-refractivity contribution in [1.82, 2.24) is 4.90 Å². The minimum Gasteiger partial charge on any atom is -0.365 e. The van der Waals surface area contributed by atoms with Gasteiger partial charge in [0.2, 0.25) is 5.91 Å². The van der Waals surface area contributed by atoms with Crippen LogP contribution in [0, 0.1) is 0 Å². The lowest BCUT2D eigenvalue weighted by atomic mass is 10.1. The van der Waals surface area contributed by atoms with Crippen LogP contribution in [0.3, 0.4) is 0 Å². The van der Waals surface area contributed by atoms with E-state index in [1.54, 1.807) is 12.1 Å². The summed E-state index contributed by atoms with van der Waals surface area (Å²) in [6, 6.07) is 21.5. The molecule has 1 saturated heterocycles. The van der Waals surface area contributed by atoms with Gasteiger partial charge in [0.25, 0.3) is 5.91 Å². The zero-order valence-corrected chi connectivity index (χ0v) is 17.8. The average molecular weight is 420 g/mol. The number of benzene rings is 3. The lowest BCUT2D eigenvalue weighted by Gasteiger charge is -2.26. The average Bonchev–Trinajstić information content (AvgIpc) is 2.79. The molecule has 0 saturated carbocycles. The SMILES string of the molecule is CN(CC(=O)Nc1cccc(C(=O)N2CCSCC2)c1)c1ccc2ccccc2c1. The predicted molar refractivity (Wildman–Crippen MR) is 126 cm³/mol. The van der Waals surface area contributed by atoms with Crippen molar-refractivity contribution in [2.45, 2.75) is 0 Å². The molecule has 0 aliphatic carbocycles. The van der Waals surface area contributed by atoms with E-state index in [4.69, 9.17) is 0 Å². The number of nitrogens with zero attached hydrogens (tertiary/aromatic N) is 2. The third kappa shape index (κ3) is 4.76. The van der Waals surface area contributed by atoms with E-state index in [1.165, 1.54) is 5.39 Å². The number of fused-ring (bicyclic) bond motifs is 1. The molecule has 3 aromatic carbocycles. The smallest absolute Gasteiger partial charge is 0.253 e. The third-order valence-corrected chi connectivity index (χ3v) is 6.19. The first-order valence-corrected chi connectivity index (χ1v) is 11.2. The van der Waals surface area contributed by atoms with Gasteiger partial charge in [-0.3, -0.25) is 9.59 Å². The van der Waals surface area contributed by atoms with Gasteiger partial charge in [-0.1, -0.05) is 36.4 Å². The molecule has 1 aliphatic heterocycles. The molecular formula is C24H25N3O2S. The quantitative estimate of drug-likeness (QED) is 0.676. The number of rotatable bonds is 5. The van der Waals surface area contributed by atoms with Gasteiger partial charge in [-0.05, 0) is 41.1 Å². The van der Waals surface area contributed by atoms with Crippen molar-refractivity contribution in [3.8, 4) is 0 Å². The molecule has 30 heavy (non-hydrogen) atoms. The number of hydrogen-bond donors (Lipinski definition) is 1. The van der Waals surface area contributed by atoms with Crippen LogP contribution in [0.4, 0.5) is 11.4 Å². The third-order valence-electron chi connectivity index (χ3n) is 5.25. The number of thioether (sulfide) groups is 1.